The second kappa shape index (κ2) is 6.01. The molecule has 18 heavy (non-hydrogen) atoms. The van der Waals surface area contributed by atoms with E-state index < -0.39 is 10.0 Å². The number of nitrogens with two attached hydrogens (primary N) is 1. The van der Waals surface area contributed by atoms with Gasteiger partial charge in [0.25, 0.3) is 10.0 Å². The van der Waals surface area contributed by atoms with Crippen LogP contribution < -0.4 is 5.73 Å². The van der Waals surface area contributed by atoms with E-state index in [-0.39, 0.29) is 23.0 Å². The van der Waals surface area contributed by atoms with Gasteiger partial charge in [0.05, 0.1) is 12.8 Å². The van der Waals surface area contributed by atoms with Crippen LogP contribution in [-0.2, 0) is 14.9 Å². The Morgan fingerprint density at radius 1 is 1.44 bits per heavy atom. The molecule has 0 aliphatic rings. The van der Waals surface area contributed by atoms with E-state index in [0.717, 1.165) is 8.94 Å². The normalized spacial score (nSPS) is 12.3. The molecule has 0 amide bonds. The Morgan fingerprint density at radius 3 is 2.50 bits per heavy atom. The summed E-state index contributed by atoms with van der Waals surface area (Å²) in [6.45, 7) is 4.09. The molecular formula is C11H17BrN2O3S. The van der Waals surface area contributed by atoms with Gasteiger partial charge in [-0.25, -0.2) is 8.42 Å². The first-order valence-corrected chi connectivity index (χ1v) is 7.64. The van der Waals surface area contributed by atoms with Crippen molar-refractivity contribution in [2.24, 2.45) is 5.92 Å². The molecule has 0 atom stereocenters. The van der Waals surface area contributed by atoms with Gasteiger partial charge >= 0.3 is 0 Å². The Balaban J connectivity index is 3.19. The topological polar surface area (TPSA) is 72.6 Å². The van der Waals surface area contributed by atoms with Gasteiger partial charge in [-0.15, -0.1) is 0 Å². The molecule has 1 aromatic carbocycles. The molecule has 102 valence electrons. The fourth-order valence-corrected chi connectivity index (χ4v) is 3.32. The maximum atomic E-state index is 12.3. The van der Waals surface area contributed by atoms with Gasteiger partial charge in [-0.05, 0) is 24.1 Å². The Labute approximate surface area is 116 Å². The molecule has 0 aromatic heterocycles. The van der Waals surface area contributed by atoms with E-state index in [0.29, 0.717) is 0 Å². The second-order valence-corrected chi connectivity index (χ2v) is 6.96. The Bertz CT molecular complexity index is 517. The van der Waals surface area contributed by atoms with E-state index in [2.05, 4.69) is 15.9 Å². The number of hydrogen-bond donors (Lipinski definition) is 1. The third kappa shape index (κ3) is 3.44. The zero-order valence-corrected chi connectivity index (χ0v) is 13.0. The molecule has 0 saturated heterocycles. The van der Waals surface area contributed by atoms with Crippen LogP contribution >= 0.6 is 15.9 Å². The predicted molar refractivity (Wildman–Crippen MR) is 74.3 cm³/mol. The van der Waals surface area contributed by atoms with Crippen molar-refractivity contribution in [3.05, 3.63) is 22.7 Å². The molecule has 0 bridgehead atoms. The molecule has 7 heteroatoms. The van der Waals surface area contributed by atoms with Gasteiger partial charge in [-0.3, -0.25) is 4.84 Å². The minimum absolute atomic E-state index is 0.0493. The van der Waals surface area contributed by atoms with Gasteiger partial charge in [-0.1, -0.05) is 34.2 Å². The second-order valence-electron chi connectivity index (χ2n) is 4.25. The maximum Gasteiger partial charge on any atom is 0.267 e. The highest BCUT2D eigenvalue weighted by Gasteiger charge is 2.27. The lowest BCUT2D eigenvalue weighted by atomic mass is 10.2. The number of sulfonamides is 1. The first-order chi connectivity index (χ1) is 8.28. The lowest BCUT2D eigenvalue weighted by molar-refractivity contribution is -0.0557. The monoisotopic (exact) mass is 336 g/mol. The van der Waals surface area contributed by atoms with E-state index in [9.17, 15) is 8.42 Å². The Morgan fingerprint density at radius 2 is 2.06 bits per heavy atom. The van der Waals surface area contributed by atoms with Gasteiger partial charge < -0.3 is 5.73 Å². The third-order valence-electron chi connectivity index (χ3n) is 2.24. The number of benzene rings is 1. The first-order valence-electron chi connectivity index (χ1n) is 5.41. The molecule has 5 nitrogen and oxygen atoms in total. The van der Waals surface area contributed by atoms with Crippen LogP contribution in [0.3, 0.4) is 0 Å². The molecule has 0 heterocycles. The highest BCUT2D eigenvalue weighted by Crippen LogP contribution is 2.26. The van der Waals surface area contributed by atoms with Crippen LogP contribution in [0.4, 0.5) is 5.69 Å². The number of hydroxylamine groups is 1. The summed E-state index contributed by atoms with van der Waals surface area (Å²) in [5.41, 5.74) is 5.93. The summed E-state index contributed by atoms with van der Waals surface area (Å²) in [6.07, 6.45) is 0. The molecular weight excluding hydrogens is 320 g/mol. The fourth-order valence-electron chi connectivity index (χ4n) is 1.43. The van der Waals surface area contributed by atoms with E-state index >= 15 is 0 Å². The van der Waals surface area contributed by atoms with E-state index in [1.165, 1.54) is 13.2 Å². The van der Waals surface area contributed by atoms with Crippen LogP contribution in [0.1, 0.15) is 13.8 Å². The van der Waals surface area contributed by atoms with Gasteiger partial charge in [0.1, 0.15) is 4.90 Å². The first kappa shape index (κ1) is 15.4. The zero-order chi connectivity index (χ0) is 13.9. The number of nitrogen functional groups attached to an aromatic ring is 1. The SMILES string of the molecule is CON(CC(C)C)S(=O)(=O)c1ccc(Br)cc1N. The van der Waals surface area contributed by atoms with Crippen LogP contribution in [0.15, 0.2) is 27.6 Å². The Hall–Kier alpha value is -0.630. The minimum atomic E-state index is -3.73. The zero-order valence-electron chi connectivity index (χ0n) is 10.6. The van der Waals surface area contributed by atoms with Crippen molar-refractivity contribution in [1.82, 2.24) is 4.47 Å². The number of halogens is 1. The quantitative estimate of drug-likeness (QED) is 0.661. The van der Waals surface area contributed by atoms with Crippen molar-refractivity contribution in [2.45, 2.75) is 18.7 Å². The predicted octanol–water partition coefficient (Wildman–Crippen LogP) is 2.24. The van der Waals surface area contributed by atoms with Crippen LogP contribution in [0.2, 0.25) is 0 Å². The van der Waals surface area contributed by atoms with Gasteiger partial charge in [0.15, 0.2) is 0 Å². The van der Waals surface area contributed by atoms with Crippen molar-refractivity contribution in [1.29, 1.82) is 0 Å². The highest BCUT2D eigenvalue weighted by atomic mass is 79.9. The van der Waals surface area contributed by atoms with Crippen molar-refractivity contribution in [2.75, 3.05) is 19.4 Å². The average molecular weight is 337 g/mol. The van der Waals surface area contributed by atoms with Crippen LogP contribution in [0.25, 0.3) is 0 Å². The molecule has 0 unspecified atom stereocenters. The summed E-state index contributed by atoms with van der Waals surface area (Å²) >= 11 is 3.24. The Kier molecular flexibility index (Phi) is 5.15. The lowest BCUT2D eigenvalue weighted by Crippen LogP contribution is -2.33. The summed E-state index contributed by atoms with van der Waals surface area (Å²) < 4.78 is 26.4. The summed E-state index contributed by atoms with van der Waals surface area (Å²) in [5, 5.41) is 0. The van der Waals surface area contributed by atoms with Gasteiger partial charge in [0, 0.05) is 11.0 Å². The van der Waals surface area contributed by atoms with Crippen LogP contribution in [0.5, 0.6) is 0 Å². The molecule has 1 aromatic rings. The molecule has 0 aliphatic carbocycles. The van der Waals surface area contributed by atoms with E-state index in [1.54, 1.807) is 12.1 Å². The standard InChI is InChI=1S/C11H17BrN2O3S/c1-8(2)7-14(17-3)18(15,16)11-5-4-9(12)6-10(11)13/h4-6,8H,7,13H2,1-3H3. The highest BCUT2D eigenvalue weighted by molar-refractivity contribution is 9.10. The van der Waals surface area contributed by atoms with Crippen LogP contribution in [-0.4, -0.2) is 26.5 Å². The van der Waals surface area contributed by atoms with Gasteiger partial charge in [0.2, 0.25) is 0 Å². The summed E-state index contributed by atoms with van der Waals surface area (Å²) in [6, 6.07) is 4.64. The number of nitrogens with zero attached hydrogens (tertiary/aromatic N) is 1. The molecule has 0 radical (unpaired) electrons. The van der Waals surface area contributed by atoms with Crippen molar-refractivity contribution >= 4 is 31.6 Å². The number of hydrogen-bond acceptors (Lipinski definition) is 4. The number of anilines is 1. The smallest absolute Gasteiger partial charge is 0.267 e. The maximum absolute atomic E-state index is 12.3. The van der Waals surface area contributed by atoms with E-state index in [1.807, 2.05) is 13.8 Å². The van der Waals surface area contributed by atoms with Gasteiger partial charge in [-0.2, -0.15) is 0 Å². The van der Waals surface area contributed by atoms with Crippen LogP contribution in [0, 0.1) is 5.92 Å². The summed E-state index contributed by atoms with van der Waals surface area (Å²) in [7, 11) is -2.40. The lowest BCUT2D eigenvalue weighted by Gasteiger charge is -2.22. The van der Waals surface area contributed by atoms with E-state index in [4.69, 9.17) is 10.6 Å². The van der Waals surface area contributed by atoms with Crippen molar-refractivity contribution in [3.63, 3.8) is 0 Å². The molecule has 0 spiro atoms. The molecule has 1 rings (SSSR count). The van der Waals surface area contributed by atoms with Crippen molar-refractivity contribution in [3.8, 4) is 0 Å². The average Bonchev–Trinajstić information content (AvgIpc) is 2.24. The fraction of sp³-hybridized carbons (Fsp3) is 0.455. The molecule has 0 saturated carbocycles. The molecule has 0 fully saturated rings. The molecule has 2 N–H and O–H groups in total. The largest absolute Gasteiger partial charge is 0.398 e. The third-order valence-corrected chi connectivity index (χ3v) is 4.49. The molecule has 0 aliphatic heterocycles. The summed E-state index contributed by atoms with van der Waals surface area (Å²) in [4.78, 5) is 4.99. The summed E-state index contributed by atoms with van der Waals surface area (Å²) in [5.74, 6) is 0.149. The minimum Gasteiger partial charge on any atom is -0.398 e. The van der Waals surface area contributed by atoms with Crippen molar-refractivity contribution < 1.29 is 13.3 Å². The number of rotatable bonds is 5.